The van der Waals surface area contributed by atoms with Gasteiger partial charge in [-0.05, 0) is 13.3 Å². The number of amides is 1. The van der Waals surface area contributed by atoms with E-state index in [-0.39, 0.29) is 11.9 Å². The Morgan fingerprint density at radius 2 is 1.94 bits per heavy atom. The summed E-state index contributed by atoms with van der Waals surface area (Å²) in [5, 5.41) is 0. The Morgan fingerprint density at radius 3 is 2.56 bits per heavy atom. The highest BCUT2D eigenvalue weighted by molar-refractivity contribution is 5.73. The molecule has 1 aliphatic heterocycles. The predicted octanol–water partition coefficient (Wildman–Crippen LogP) is 0.104. The van der Waals surface area contributed by atoms with Crippen molar-refractivity contribution in [2.75, 3.05) is 39.3 Å². The number of hydrogen-bond donors (Lipinski definition) is 0. The van der Waals surface area contributed by atoms with E-state index in [1.54, 1.807) is 13.8 Å². The van der Waals surface area contributed by atoms with Crippen molar-refractivity contribution in [2.24, 2.45) is 0 Å². The molecular weight excluding hydrogens is 208 g/mol. The van der Waals surface area contributed by atoms with Gasteiger partial charge in [-0.15, -0.1) is 0 Å². The van der Waals surface area contributed by atoms with Crippen molar-refractivity contribution in [1.29, 1.82) is 0 Å². The third kappa shape index (κ3) is 4.18. The molecule has 1 amide bonds. The fourth-order valence-corrected chi connectivity index (χ4v) is 1.83. The van der Waals surface area contributed by atoms with Gasteiger partial charge in [0.25, 0.3) is 0 Å². The molecule has 0 spiro atoms. The zero-order chi connectivity index (χ0) is 12.0. The molecule has 16 heavy (non-hydrogen) atoms. The van der Waals surface area contributed by atoms with Crippen molar-refractivity contribution < 1.29 is 14.3 Å². The summed E-state index contributed by atoms with van der Waals surface area (Å²) >= 11 is 0. The lowest BCUT2D eigenvalue weighted by Crippen LogP contribution is -2.36. The highest BCUT2D eigenvalue weighted by atomic mass is 16.5. The van der Waals surface area contributed by atoms with Gasteiger partial charge in [0, 0.05) is 33.1 Å². The van der Waals surface area contributed by atoms with Gasteiger partial charge in [0.15, 0.2) is 0 Å². The summed E-state index contributed by atoms with van der Waals surface area (Å²) in [6, 6.07) is 0. The van der Waals surface area contributed by atoms with Crippen molar-refractivity contribution in [2.45, 2.75) is 20.3 Å². The SMILES string of the molecule is CCOC(=O)CN1CCCN(C(C)=O)CC1. The molecule has 0 aliphatic carbocycles. The van der Waals surface area contributed by atoms with E-state index in [2.05, 4.69) is 0 Å². The quantitative estimate of drug-likeness (QED) is 0.643. The molecule has 1 heterocycles. The van der Waals surface area contributed by atoms with E-state index in [9.17, 15) is 9.59 Å². The van der Waals surface area contributed by atoms with E-state index < -0.39 is 0 Å². The van der Waals surface area contributed by atoms with E-state index >= 15 is 0 Å². The predicted molar refractivity (Wildman–Crippen MR) is 59.9 cm³/mol. The first-order valence-electron chi connectivity index (χ1n) is 5.77. The third-order valence-electron chi connectivity index (χ3n) is 2.69. The number of carbonyl (C=O) groups excluding carboxylic acids is 2. The summed E-state index contributed by atoms with van der Waals surface area (Å²) in [6.07, 6.45) is 0.916. The summed E-state index contributed by atoms with van der Waals surface area (Å²) in [6.45, 7) is 7.23. The second-order valence-corrected chi connectivity index (χ2v) is 3.94. The maximum atomic E-state index is 11.3. The average Bonchev–Trinajstić information content (AvgIpc) is 2.43. The van der Waals surface area contributed by atoms with Crippen molar-refractivity contribution >= 4 is 11.9 Å². The molecule has 0 N–H and O–H groups in total. The molecule has 0 saturated carbocycles. The minimum Gasteiger partial charge on any atom is -0.465 e. The second kappa shape index (κ2) is 6.48. The van der Waals surface area contributed by atoms with Crippen LogP contribution >= 0.6 is 0 Å². The van der Waals surface area contributed by atoms with Crippen LogP contribution in [0.25, 0.3) is 0 Å². The van der Waals surface area contributed by atoms with Gasteiger partial charge in [-0.25, -0.2) is 0 Å². The molecule has 0 atom stereocenters. The standard InChI is InChI=1S/C11H20N2O3/c1-3-16-11(15)9-12-5-4-6-13(8-7-12)10(2)14/h3-9H2,1-2H3. The molecule has 5 heteroatoms. The third-order valence-corrected chi connectivity index (χ3v) is 2.69. The van der Waals surface area contributed by atoms with Crippen molar-refractivity contribution in [3.05, 3.63) is 0 Å². The highest BCUT2D eigenvalue weighted by Crippen LogP contribution is 2.03. The van der Waals surface area contributed by atoms with Crippen molar-refractivity contribution in [1.82, 2.24) is 9.80 Å². The Morgan fingerprint density at radius 1 is 1.19 bits per heavy atom. The summed E-state index contributed by atoms with van der Waals surface area (Å²) in [4.78, 5) is 26.4. The number of rotatable bonds is 3. The Hall–Kier alpha value is -1.10. The molecule has 0 unspecified atom stereocenters. The number of nitrogens with zero attached hydrogens (tertiary/aromatic N) is 2. The number of esters is 1. The van der Waals surface area contributed by atoms with Gasteiger partial charge in [-0.3, -0.25) is 14.5 Å². The molecule has 0 bridgehead atoms. The fraction of sp³-hybridized carbons (Fsp3) is 0.818. The van der Waals surface area contributed by atoms with E-state index in [1.165, 1.54) is 0 Å². The van der Waals surface area contributed by atoms with Crippen LogP contribution < -0.4 is 0 Å². The van der Waals surface area contributed by atoms with E-state index in [0.29, 0.717) is 19.7 Å². The molecule has 1 rings (SSSR count). The lowest BCUT2D eigenvalue weighted by Gasteiger charge is -2.20. The first-order valence-corrected chi connectivity index (χ1v) is 5.77. The first kappa shape index (κ1) is 13.0. The lowest BCUT2D eigenvalue weighted by atomic mass is 10.4. The molecule has 1 aliphatic rings. The maximum absolute atomic E-state index is 11.3. The van der Waals surface area contributed by atoms with Gasteiger partial charge < -0.3 is 9.64 Å². The normalized spacial score (nSPS) is 18.0. The van der Waals surface area contributed by atoms with Crippen LogP contribution in [0, 0.1) is 0 Å². The highest BCUT2D eigenvalue weighted by Gasteiger charge is 2.18. The Balaban J connectivity index is 2.35. The van der Waals surface area contributed by atoms with E-state index in [4.69, 9.17) is 4.74 Å². The molecule has 0 aromatic rings. The van der Waals surface area contributed by atoms with Gasteiger partial charge in [-0.1, -0.05) is 0 Å². The minimum atomic E-state index is -0.182. The maximum Gasteiger partial charge on any atom is 0.320 e. The van der Waals surface area contributed by atoms with Crippen molar-refractivity contribution in [3.8, 4) is 0 Å². The van der Waals surface area contributed by atoms with Gasteiger partial charge >= 0.3 is 5.97 Å². The second-order valence-electron chi connectivity index (χ2n) is 3.94. The van der Waals surface area contributed by atoms with Crippen LogP contribution in [0.4, 0.5) is 0 Å². The number of carbonyl (C=O) groups is 2. The van der Waals surface area contributed by atoms with Gasteiger partial charge in [0.2, 0.25) is 5.91 Å². The van der Waals surface area contributed by atoms with Gasteiger partial charge in [0.05, 0.1) is 13.2 Å². The van der Waals surface area contributed by atoms with Crippen LogP contribution in [0.3, 0.4) is 0 Å². The number of ether oxygens (including phenoxy) is 1. The Labute approximate surface area is 96.3 Å². The topological polar surface area (TPSA) is 49.9 Å². The summed E-state index contributed by atoms with van der Waals surface area (Å²) < 4.78 is 4.90. The van der Waals surface area contributed by atoms with Crippen LogP contribution in [-0.2, 0) is 14.3 Å². The smallest absolute Gasteiger partial charge is 0.320 e. The fourth-order valence-electron chi connectivity index (χ4n) is 1.83. The van der Waals surface area contributed by atoms with E-state index in [1.807, 2.05) is 9.80 Å². The zero-order valence-corrected chi connectivity index (χ0v) is 10.1. The molecule has 92 valence electrons. The summed E-state index contributed by atoms with van der Waals surface area (Å²) in [5.41, 5.74) is 0. The Bertz CT molecular complexity index is 256. The van der Waals surface area contributed by atoms with Crippen molar-refractivity contribution in [3.63, 3.8) is 0 Å². The average molecular weight is 228 g/mol. The first-order chi connectivity index (χ1) is 7.63. The summed E-state index contributed by atoms with van der Waals surface area (Å²) in [5.74, 6) is -0.0724. The molecular formula is C11H20N2O3. The van der Waals surface area contributed by atoms with Crippen LogP contribution in [0.1, 0.15) is 20.3 Å². The summed E-state index contributed by atoms with van der Waals surface area (Å²) in [7, 11) is 0. The molecule has 5 nitrogen and oxygen atoms in total. The molecule has 1 fully saturated rings. The molecule has 0 aromatic carbocycles. The zero-order valence-electron chi connectivity index (χ0n) is 10.1. The van der Waals surface area contributed by atoms with E-state index in [0.717, 1.165) is 26.1 Å². The lowest BCUT2D eigenvalue weighted by molar-refractivity contribution is -0.144. The molecule has 1 saturated heterocycles. The van der Waals surface area contributed by atoms with Crippen LogP contribution in [-0.4, -0.2) is 61.0 Å². The minimum absolute atomic E-state index is 0.109. The largest absolute Gasteiger partial charge is 0.465 e. The Kier molecular flexibility index (Phi) is 5.25. The number of hydrogen-bond acceptors (Lipinski definition) is 4. The van der Waals surface area contributed by atoms with Crippen LogP contribution in [0.15, 0.2) is 0 Å². The van der Waals surface area contributed by atoms with Crippen LogP contribution in [0.5, 0.6) is 0 Å². The monoisotopic (exact) mass is 228 g/mol. The molecule has 0 radical (unpaired) electrons. The van der Waals surface area contributed by atoms with Gasteiger partial charge in [0.1, 0.15) is 0 Å². The van der Waals surface area contributed by atoms with Crippen LogP contribution in [0.2, 0.25) is 0 Å². The molecule has 0 aromatic heterocycles. The van der Waals surface area contributed by atoms with Gasteiger partial charge in [-0.2, -0.15) is 0 Å².